The molecule has 4 nitrogen and oxygen atoms in total. The first kappa shape index (κ1) is 18.2. The zero-order chi connectivity index (χ0) is 17.7. The third-order valence-electron chi connectivity index (χ3n) is 3.29. The Morgan fingerprint density at radius 3 is 2.33 bits per heavy atom. The Balaban J connectivity index is 2.00. The van der Waals surface area contributed by atoms with Crippen molar-refractivity contribution in [2.24, 2.45) is 0 Å². The van der Waals surface area contributed by atoms with Gasteiger partial charge in [-0.25, -0.2) is 4.39 Å². The predicted octanol–water partition coefficient (Wildman–Crippen LogP) is 4.51. The third-order valence-corrected chi connectivity index (χ3v) is 4.02. The van der Waals surface area contributed by atoms with Crippen molar-refractivity contribution >= 4 is 46.4 Å². The van der Waals surface area contributed by atoms with Gasteiger partial charge in [-0.1, -0.05) is 23.2 Å². The maximum absolute atomic E-state index is 12.8. The Labute approximate surface area is 149 Å². The van der Waals surface area contributed by atoms with Gasteiger partial charge in [-0.2, -0.15) is 0 Å². The van der Waals surface area contributed by atoms with Gasteiger partial charge in [0, 0.05) is 31.3 Å². The monoisotopic (exact) mass is 368 g/mol. The molecule has 7 heteroatoms. The van der Waals surface area contributed by atoms with Gasteiger partial charge in [0.25, 0.3) is 0 Å². The molecule has 126 valence electrons. The van der Waals surface area contributed by atoms with Crippen LogP contribution >= 0.6 is 23.2 Å². The second-order valence-corrected chi connectivity index (χ2v) is 5.89. The first-order chi connectivity index (χ1) is 11.4. The molecular formula is C17H15Cl2FN2O2. The van der Waals surface area contributed by atoms with Crippen molar-refractivity contribution in [3.63, 3.8) is 0 Å². The molecule has 0 atom stereocenters. The van der Waals surface area contributed by atoms with Gasteiger partial charge in [0.15, 0.2) is 0 Å². The van der Waals surface area contributed by atoms with E-state index in [0.717, 1.165) is 0 Å². The van der Waals surface area contributed by atoms with E-state index in [9.17, 15) is 14.0 Å². The van der Waals surface area contributed by atoms with Crippen LogP contribution in [0.1, 0.15) is 13.3 Å². The zero-order valence-corrected chi connectivity index (χ0v) is 14.4. The van der Waals surface area contributed by atoms with Crippen LogP contribution in [0.5, 0.6) is 0 Å². The Bertz CT molecular complexity index is 751. The number of amides is 2. The normalized spacial score (nSPS) is 10.3. The fourth-order valence-electron chi connectivity index (χ4n) is 2.09. The summed E-state index contributed by atoms with van der Waals surface area (Å²) >= 11 is 11.8. The SMILES string of the molecule is CC(=O)N(CCC(=O)Nc1ccc(F)cc1)c1ccc(Cl)c(Cl)c1. The summed E-state index contributed by atoms with van der Waals surface area (Å²) in [6.07, 6.45) is 0.0806. The van der Waals surface area contributed by atoms with Gasteiger partial charge < -0.3 is 10.2 Å². The fourth-order valence-corrected chi connectivity index (χ4v) is 2.38. The molecule has 0 saturated heterocycles. The summed E-state index contributed by atoms with van der Waals surface area (Å²) in [5, 5.41) is 3.36. The Morgan fingerprint density at radius 1 is 1.08 bits per heavy atom. The van der Waals surface area contributed by atoms with Crippen LogP contribution in [0.2, 0.25) is 10.0 Å². The molecule has 0 aromatic heterocycles. The van der Waals surface area contributed by atoms with E-state index in [1.165, 1.54) is 36.1 Å². The molecule has 2 aromatic carbocycles. The molecular weight excluding hydrogens is 354 g/mol. The van der Waals surface area contributed by atoms with Crippen LogP contribution in [-0.4, -0.2) is 18.4 Å². The molecule has 2 amide bonds. The van der Waals surface area contributed by atoms with Crippen LogP contribution in [0.3, 0.4) is 0 Å². The first-order valence-electron chi connectivity index (χ1n) is 7.15. The number of carbonyl (C=O) groups excluding carboxylic acids is 2. The summed E-state index contributed by atoms with van der Waals surface area (Å²) in [5.74, 6) is -0.883. The van der Waals surface area contributed by atoms with E-state index in [1.54, 1.807) is 18.2 Å². The number of benzene rings is 2. The number of hydrogen-bond acceptors (Lipinski definition) is 2. The standard InChI is InChI=1S/C17H15Cl2FN2O2/c1-11(23)22(14-6-7-15(18)16(19)10-14)9-8-17(24)21-13-4-2-12(20)3-5-13/h2-7,10H,8-9H2,1H3,(H,21,24). The highest BCUT2D eigenvalue weighted by molar-refractivity contribution is 6.42. The van der Waals surface area contributed by atoms with Gasteiger partial charge in [0.2, 0.25) is 11.8 Å². The summed E-state index contributed by atoms with van der Waals surface area (Å²) in [5.41, 5.74) is 1.05. The lowest BCUT2D eigenvalue weighted by Crippen LogP contribution is -2.31. The van der Waals surface area contributed by atoms with Crippen molar-refractivity contribution in [1.29, 1.82) is 0 Å². The van der Waals surface area contributed by atoms with Crippen LogP contribution in [0.25, 0.3) is 0 Å². The second kappa shape index (κ2) is 8.13. The van der Waals surface area contributed by atoms with Gasteiger partial charge >= 0.3 is 0 Å². The molecule has 2 aromatic rings. The molecule has 0 aliphatic heterocycles. The molecule has 0 bridgehead atoms. The lowest BCUT2D eigenvalue weighted by molar-refractivity contribution is -0.117. The molecule has 2 rings (SSSR count). The molecule has 0 radical (unpaired) electrons. The molecule has 24 heavy (non-hydrogen) atoms. The maximum Gasteiger partial charge on any atom is 0.226 e. The zero-order valence-electron chi connectivity index (χ0n) is 12.9. The van der Waals surface area contributed by atoms with Crippen molar-refractivity contribution in [1.82, 2.24) is 0 Å². The highest BCUT2D eigenvalue weighted by atomic mass is 35.5. The number of hydrogen-bond donors (Lipinski definition) is 1. The molecule has 0 aliphatic rings. The van der Waals surface area contributed by atoms with Crippen LogP contribution < -0.4 is 10.2 Å². The number of nitrogens with one attached hydrogen (secondary N) is 1. The Kier molecular flexibility index (Phi) is 6.17. The van der Waals surface area contributed by atoms with Crippen LogP contribution in [-0.2, 0) is 9.59 Å². The van der Waals surface area contributed by atoms with Crippen LogP contribution in [0.4, 0.5) is 15.8 Å². The van der Waals surface area contributed by atoms with Crippen molar-refractivity contribution < 1.29 is 14.0 Å². The smallest absolute Gasteiger partial charge is 0.226 e. The summed E-state index contributed by atoms with van der Waals surface area (Å²) in [4.78, 5) is 25.2. The van der Waals surface area contributed by atoms with Crippen molar-refractivity contribution in [2.45, 2.75) is 13.3 Å². The van der Waals surface area contributed by atoms with E-state index < -0.39 is 0 Å². The van der Waals surface area contributed by atoms with E-state index >= 15 is 0 Å². The van der Waals surface area contributed by atoms with Gasteiger partial charge in [-0.15, -0.1) is 0 Å². The predicted molar refractivity (Wildman–Crippen MR) is 94.1 cm³/mol. The highest BCUT2D eigenvalue weighted by Gasteiger charge is 2.15. The largest absolute Gasteiger partial charge is 0.326 e. The number of anilines is 2. The van der Waals surface area contributed by atoms with Crippen LogP contribution in [0.15, 0.2) is 42.5 Å². The van der Waals surface area contributed by atoms with E-state index in [-0.39, 0.29) is 30.6 Å². The lowest BCUT2D eigenvalue weighted by atomic mass is 10.2. The van der Waals surface area contributed by atoms with Gasteiger partial charge in [-0.05, 0) is 42.5 Å². The van der Waals surface area contributed by atoms with Gasteiger partial charge in [-0.3, -0.25) is 9.59 Å². The van der Waals surface area contributed by atoms with E-state index in [1.807, 2.05) is 0 Å². The Morgan fingerprint density at radius 2 is 1.75 bits per heavy atom. The summed E-state index contributed by atoms with van der Waals surface area (Å²) in [7, 11) is 0. The first-order valence-corrected chi connectivity index (χ1v) is 7.91. The lowest BCUT2D eigenvalue weighted by Gasteiger charge is -2.21. The minimum Gasteiger partial charge on any atom is -0.326 e. The van der Waals surface area contributed by atoms with Gasteiger partial charge in [0.05, 0.1) is 10.0 Å². The van der Waals surface area contributed by atoms with Crippen molar-refractivity contribution in [2.75, 3.05) is 16.8 Å². The molecule has 0 fully saturated rings. The minimum atomic E-state index is -0.379. The topological polar surface area (TPSA) is 49.4 Å². The fraction of sp³-hybridized carbons (Fsp3) is 0.176. The molecule has 1 N–H and O–H groups in total. The van der Waals surface area contributed by atoms with E-state index in [4.69, 9.17) is 23.2 Å². The number of carbonyl (C=O) groups is 2. The number of nitrogens with zero attached hydrogens (tertiary/aromatic N) is 1. The average Bonchev–Trinajstić information content (AvgIpc) is 2.53. The Hall–Kier alpha value is -2.11. The average molecular weight is 369 g/mol. The second-order valence-electron chi connectivity index (χ2n) is 5.07. The van der Waals surface area contributed by atoms with Crippen LogP contribution in [0, 0.1) is 5.82 Å². The van der Waals surface area contributed by atoms with Gasteiger partial charge in [0.1, 0.15) is 5.82 Å². The summed E-state index contributed by atoms with van der Waals surface area (Å²) < 4.78 is 12.8. The maximum atomic E-state index is 12.8. The summed E-state index contributed by atoms with van der Waals surface area (Å²) in [6.45, 7) is 1.58. The number of rotatable bonds is 5. The summed E-state index contributed by atoms with van der Waals surface area (Å²) in [6, 6.07) is 10.3. The van der Waals surface area contributed by atoms with Crippen molar-refractivity contribution in [3.8, 4) is 0 Å². The minimum absolute atomic E-state index is 0.0806. The van der Waals surface area contributed by atoms with E-state index in [0.29, 0.717) is 21.4 Å². The number of halogens is 3. The molecule has 0 saturated carbocycles. The van der Waals surface area contributed by atoms with E-state index in [2.05, 4.69) is 5.32 Å². The molecule has 0 spiro atoms. The van der Waals surface area contributed by atoms with Crippen molar-refractivity contribution in [3.05, 3.63) is 58.3 Å². The molecule has 0 unspecified atom stereocenters. The highest BCUT2D eigenvalue weighted by Crippen LogP contribution is 2.27. The molecule has 0 heterocycles. The third kappa shape index (κ3) is 4.94. The quantitative estimate of drug-likeness (QED) is 0.843. The molecule has 0 aliphatic carbocycles.